The molecular weight excluding hydrogens is 300 g/mol. The van der Waals surface area contributed by atoms with Gasteiger partial charge in [-0.1, -0.05) is 53.8 Å². The summed E-state index contributed by atoms with van der Waals surface area (Å²) >= 11 is 6.84. The second kappa shape index (κ2) is 7.45. The highest BCUT2D eigenvalue weighted by molar-refractivity contribution is 8.23. The summed E-state index contributed by atoms with van der Waals surface area (Å²) in [4.78, 5) is 1.09. The molecule has 2 aromatic rings. The lowest BCUT2D eigenvalue weighted by molar-refractivity contribution is 0.413. The Morgan fingerprint density at radius 3 is 2.62 bits per heavy atom. The second-order valence-electron chi connectivity index (χ2n) is 4.60. The minimum Gasteiger partial charge on any atom is -0.497 e. The Labute approximate surface area is 134 Å². The van der Waals surface area contributed by atoms with E-state index < -0.39 is 0 Å². The predicted molar refractivity (Wildman–Crippen MR) is 92.7 cm³/mol. The lowest BCUT2D eigenvalue weighted by Gasteiger charge is -2.16. The van der Waals surface area contributed by atoms with Gasteiger partial charge in [0.25, 0.3) is 0 Å². The summed E-state index contributed by atoms with van der Waals surface area (Å²) in [6, 6.07) is 15.9. The van der Waals surface area contributed by atoms with Crippen LogP contribution < -0.4 is 15.8 Å². The minimum atomic E-state index is -0.356. The van der Waals surface area contributed by atoms with Gasteiger partial charge in [0.1, 0.15) is 16.2 Å². The molecule has 110 valence electrons. The molecule has 2 aromatic carbocycles. The predicted octanol–water partition coefficient (Wildman–Crippen LogP) is 3.63. The van der Waals surface area contributed by atoms with Gasteiger partial charge in [0, 0.05) is 4.90 Å². The number of aryl methyl sites for hydroxylation is 1. The number of methoxy groups -OCH3 is 1. The van der Waals surface area contributed by atoms with Gasteiger partial charge in [-0.05, 0) is 36.8 Å². The first-order valence-electron chi connectivity index (χ1n) is 6.53. The van der Waals surface area contributed by atoms with Crippen molar-refractivity contribution in [3.05, 3.63) is 59.7 Å². The van der Waals surface area contributed by atoms with Crippen LogP contribution in [-0.2, 0) is 0 Å². The van der Waals surface area contributed by atoms with Crippen LogP contribution in [0.3, 0.4) is 0 Å². The Morgan fingerprint density at radius 1 is 1.24 bits per heavy atom. The third kappa shape index (κ3) is 4.74. The molecular formula is C16H18N2OS2. The lowest BCUT2D eigenvalue weighted by Crippen LogP contribution is -2.31. The van der Waals surface area contributed by atoms with Crippen LogP contribution in [0, 0.1) is 6.92 Å². The normalized spacial score (nSPS) is 11.8. The van der Waals surface area contributed by atoms with Crippen LogP contribution in [-0.4, -0.2) is 11.4 Å². The van der Waals surface area contributed by atoms with Crippen molar-refractivity contribution in [1.29, 1.82) is 0 Å². The highest BCUT2D eigenvalue weighted by atomic mass is 32.2. The molecule has 0 bridgehead atoms. The number of thioether (sulfide) groups is 1. The molecule has 0 aliphatic carbocycles. The van der Waals surface area contributed by atoms with E-state index in [9.17, 15) is 0 Å². The zero-order valence-electron chi connectivity index (χ0n) is 12.0. The van der Waals surface area contributed by atoms with E-state index in [0.29, 0.717) is 4.32 Å². The molecule has 5 heteroatoms. The highest BCUT2D eigenvalue weighted by Gasteiger charge is 2.09. The van der Waals surface area contributed by atoms with Crippen molar-refractivity contribution in [2.75, 3.05) is 7.11 Å². The fourth-order valence-corrected chi connectivity index (χ4v) is 2.88. The number of thiocarbonyl (C=S) groups is 1. The van der Waals surface area contributed by atoms with E-state index in [1.54, 1.807) is 7.11 Å². The van der Waals surface area contributed by atoms with Gasteiger partial charge >= 0.3 is 0 Å². The third-order valence-electron chi connectivity index (χ3n) is 2.96. The van der Waals surface area contributed by atoms with Gasteiger partial charge in [-0.3, -0.25) is 0 Å². The Bertz CT molecular complexity index is 614. The van der Waals surface area contributed by atoms with Crippen LogP contribution in [0.2, 0.25) is 0 Å². The van der Waals surface area contributed by atoms with E-state index in [0.717, 1.165) is 16.2 Å². The standard InChI is InChI=1S/C16H18N2OS2/c1-11-6-8-14(9-7-11)21-16(20)18-15(17)12-4-3-5-13(10-12)19-2/h3-10,15H,17H2,1-2H3,(H,18,20). The van der Waals surface area contributed by atoms with Crippen LogP contribution in [0.1, 0.15) is 17.3 Å². The Kier molecular flexibility index (Phi) is 5.61. The van der Waals surface area contributed by atoms with Gasteiger partial charge < -0.3 is 15.8 Å². The number of hydrogen-bond donors (Lipinski definition) is 2. The number of nitrogens with one attached hydrogen (secondary N) is 1. The molecule has 1 atom stereocenters. The fraction of sp³-hybridized carbons (Fsp3) is 0.188. The maximum absolute atomic E-state index is 6.13. The third-order valence-corrected chi connectivity index (χ3v) is 4.14. The molecule has 0 aliphatic rings. The summed E-state index contributed by atoms with van der Waals surface area (Å²) in [5, 5.41) is 3.13. The van der Waals surface area contributed by atoms with Crippen molar-refractivity contribution >= 4 is 28.3 Å². The molecule has 0 radical (unpaired) electrons. The molecule has 0 fully saturated rings. The van der Waals surface area contributed by atoms with Gasteiger partial charge in [0.15, 0.2) is 0 Å². The first-order valence-corrected chi connectivity index (χ1v) is 7.75. The zero-order valence-corrected chi connectivity index (χ0v) is 13.6. The summed E-state index contributed by atoms with van der Waals surface area (Å²) in [6.07, 6.45) is -0.356. The van der Waals surface area contributed by atoms with Crippen molar-refractivity contribution in [3.8, 4) is 5.75 Å². The molecule has 2 rings (SSSR count). The Balaban J connectivity index is 1.96. The van der Waals surface area contributed by atoms with Crippen LogP contribution in [0.15, 0.2) is 53.4 Å². The van der Waals surface area contributed by atoms with Crippen LogP contribution in [0.4, 0.5) is 0 Å². The van der Waals surface area contributed by atoms with E-state index in [1.165, 1.54) is 17.3 Å². The molecule has 3 N–H and O–H groups in total. The van der Waals surface area contributed by atoms with E-state index in [1.807, 2.05) is 36.4 Å². The van der Waals surface area contributed by atoms with Crippen molar-refractivity contribution in [3.63, 3.8) is 0 Å². The zero-order chi connectivity index (χ0) is 15.2. The summed E-state index contributed by atoms with van der Waals surface area (Å²) in [5.41, 5.74) is 8.29. The lowest BCUT2D eigenvalue weighted by atomic mass is 10.2. The van der Waals surface area contributed by atoms with E-state index in [-0.39, 0.29) is 6.17 Å². The van der Waals surface area contributed by atoms with Gasteiger partial charge in [-0.25, -0.2) is 0 Å². The molecule has 0 aliphatic heterocycles. The van der Waals surface area contributed by atoms with Crippen molar-refractivity contribution in [1.82, 2.24) is 5.32 Å². The van der Waals surface area contributed by atoms with Crippen LogP contribution in [0.25, 0.3) is 0 Å². The number of nitrogens with two attached hydrogens (primary N) is 1. The molecule has 1 unspecified atom stereocenters. The molecule has 0 aromatic heterocycles. The van der Waals surface area contributed by atoms with Gasteiger partial charge in [0.05, 0.1) is 7.11 Å². The number of ether oxygens (including phenoxy) is 1. The summed E-state index contributed by atoms with van der Waals surface area (Å²) in [5.74, 6) is 0.779. The van der Waals surface area contributed by atoms with E-state index >= 15 is 0 Å². The minimum absolute atomic E-state index is 0.356. The number of rotatable bonds is 4. The molecule has 0 saturated heterocycles. The Hall–Kier alpha value is -1.56. The molecule has 0 spiro atoms. The smallest absolute Gasteiger partial charge is 0.140 e. The monoisotopic (exact) mass is 318 g/mol. The van der Waals surface area contributed by atoms with Crippen molar-refractivity contribution < 1.29 is 4.74 Å². The van der Waals surface area contributed by atoms with Crippen LogP contribution in [0.5, 0.6) is 5.75 Å². The van der Waals surface area contributed by atoms with Gasteiger partial charge in [0.2, 0.25) is 0 Å². The topological polar surface area (TPSA) is 47.3 Å². The molecule has 0 amide bonds. The maximum Gasteiger partial charge on any atom is 0.140 e. The highest BCUT2D eigenvalue weighted by Crippen LogP contribution is 2.21. The average molecular weight is 318 g/mol. The van der Waals surface area contributed by atoms with E-state index in [4.69, 9.17) is 22.7 Å². The molecule has 0 heterocycles. The quantitative estimate of drug-likeness (QED) is 0.512. The molecule has 0 saturated carbocycles. The number of benzene rings is 2. The number of hydrogen-bond acceptors (Lipinski definition) is 4. The van der Waals surface area contributed by atoms with E-state index in [2.05, 4.69) is 24.4 Å². The van der Waals surface area contributed by atoms with Crippen LogP contribution >= 0.6 is 24.0 Å². The van der Waals surface area contributed by atoms with Gasteiger partial charge in [-0.15, -0.1) is 0 Å². The first kappa shape index (κ1) is 15.8. The summed E-state index contributed by atoms with van der Waals surface area (Å²) < 4.78 is 5.84. The van der Waals surface area contributed by atoms with Gasteiger partial charge in [-0.2, -0.15) is 0 Å². The summed E-state index contributed by atoms with van der Waals surface area (Å²) in [6.45, 7) is 2.06. The van der Waals surface area contributed by atoms with Crippen molar-refractivity contribution in [2.24, 2.45) is 5.73 Å². The second-order valence-corrected chi connectivity index (χ2v) is 6.35. The Morgan fingerprint density at radius 2 is 1.95 bits per heavy atom. The largest absolute Gasteiger partial charge is 0.497 e. The molecule has 3 nitrogen and oxygen atoms in total. The molecule has 21 heavy (non-hydrogen) atoms. The van der Waals surface area contributed by atoms with Crippen molar-refractivity contribution in [2.45, 2.75) is 18.0 Å². The SMILES string of the molecule is COc1cccc(C(N)NC(=S)Sc2ccc(C)cc2)c1. The average Bonchev–Trinajstić information content (AvgIpc) is 2.49. The fourth-order valence-electron chi connectivity index (χ4n) is 1.79. The summed E-state index contributed by atoms with van der Waals surface area (Å²) in [7, 11) is 1.63. The maximum atomic E-state index is 6.13. The first-order chi connectivity index (χ1) is 10.1.